The Bertz CT molecular complexity index is 710. The second kappa shape index (κ2) is 6.38. The maximum absolute atomic E-state index is 12.7. The molecule has 5 heteroatoms. The SMILES string of the molecule is CCN(C(=O)Cn1c(=O)oc2ccccc21)C1CCCCC1. The molecular formula is C17H22N2O3. The number of rotatable bonds is 4. The smallest absolute Gasteiger partial charge is 0.408 e. The van der Waals surface area contributed by atoms with E-state index in [4.69, 9.17) is 4.42 Å². The second-order valence-corrected chi connectivity index (χ2v) is 5.89. The molecule has 1 aliphatic carbocycles. The van der Waals surface area contributed by atoms with E-state index in [1.807, 2.05) is 30.0 Å². The van der Waals surface area contributed by atoms with Gasteiger partial charge in [0.1, 0.15) is 6.54 Å². The van der Waals surface area contributed by atoms with Crippen LogP contribution in [0.5, 0.6) is 0 Å². The minimum atomic E-state index is -0.464. The van der Waals surface area contributed by atoms with E-state index in [0.717, 1.165) is 12.8 Å². The van der Waals surface area contributed by atoms with Gasteiger partial charge in [0.25, 0.3) is 0 Å². The Morgan fingerprint density at radius 3 is 2.73 bits per heavy atom. The van der Waals surface area contributed by atoms with E-state index in [9.17, 15) is 9.59 Å². The van der Waals surface area contributed by atoms with Crippen molar-refractivity contribution in [2.75, 3.05) is 6.54 Å². The zero-order valence-electron chi connectivity index (χ0n) is 13.0. The summed E-state index contributed by atoms with van der Waals surface area (Å²) in [4.78, 5) is 26.6. The molecule has 0 N–H and O–H groups in total. The van der Waals surface area contributed by atoms with Gasteiger partial charge in [-0.05, 0) is 31.9 Å². The van der Waals surface area contributed by atoms with Gasteiger partial charge in [-0.1, -0.05) is 31.4 Å². The fraction of sp³-hybridized carbons (Fsp3) is 0.529. The van der Waals surface area contributed by atoms with Gasteiger partial charge >= 0.3 is 5.76 Å². The first-order valence-corrected chi connectivity index (χ1v) is 8.08. The maximum Gasteiger partial charge on any atom is 0.420 e. The molecule has 1 aromatic carbocycles. The highest BCUT2D eigenvalue weighted by atomic mass is 16.4. The first-order chi connectivity index (χ1) is 10.7. The van der Waals surface area contributed by atoms with E-state index < -0.39 is 5.76 Å². The Labute approximate surface area is 129 Å². The van der Waals surface area contributed by atoms with Gasteiger partial charge < -0.3 is 9.32 Å². The predicted molar refractivity (Wildman–Crippen MR) is 84.7 cm³/mol. The van der Waals surface area contributed by atoms with Crippen LogP contribution in [0.4, 0.5) is 0 Å². The summed E-state index contributed by atoms with van der Waals surface area (Å²) < 4.78 is 6.63. The highest BCUT2D eigenvalue weighted by Crippen LogP contribution is 2.23. The van der Waals surface area contributed by atoms with Crippen LogP contribution in [0, 0.1) is 0 Å². The number of fused-ring (bicyclic) bond motifs is 1. The lowest BCUT2D eigenvalue weighted by Crippen LogP contribution is -2.43. The highest BCUT2D eigenvalue weighted by molar-refractivity contribution is 5.79. The van der Waals surface area contributed by atoms with Crippen molar-refractivity contribution in [2.45, 2.75) is 51.6 Å². The summed E-state index contributed by atoms with van der Waals surface area (Å²) in [7, 11) is 0. The van der Waals surface area contributed by atoms with Gasteiger partial charge in [0, 0.05) is 12.6 Å². The number of hydrogen-bond donors (Lipinski definition) is 0. The van der Waals surface area contributed by atoms with E-state index in [0.29, 0.717) is 23.7 Å². The molecule has 0 saturated heterocycles. The van der Waals surface area contributed by atoms with Crippen molar-refractivity contribution >= 4 is 17.0 Å². The molecule has 1 saturated carbocycles. The summed E-state index contributed by atoms with van der Waals surface area (Å²) in [6.07, 6.45) is 5.77. The fourth-order valence-electron chi connectivity index (χ4n) is 3.42. The molecule has 1 aromatic heterocycles. The average molecular weight is 302 g/mol. The largest absolute Gasteiger partial charge is 0.420 e. The molecule has 1 aliphatic rings. The summed E-state index contributed by atoms with van der Waals surface area (Å²) >= 11 is 0. The molecule has 3 rings (SSSR count). The molecule has 2 aromatic rings. The molecule has 0 atom stereocenters. The van der Waals surface area contributed by atoms with Crippen molar-refractivity contribution in [2.24, 2.45) is 0 Å². The van der Waals surface area contributed by atoms with Crippen molar-refractivity contribution in [1.29, 1.82) is 0 Å². The van der Waals surface area contributed by atoms with Gasteiger partial charge in [-0.3, -0.25) is 9.36 Å². The van der Waals surface area contributed by atoms with Crippen LogP contribution in [0.1, 0.15) is 39.0 Å². The molecule has 118 valence electrons. The third kappa shape index (κ3) is 2.80. The van der Waals surface area contributed by atoms with E-state index in [1.165, 1.54) is 23.8 Å². The lowest BCUT2D eigenvalue weighted by atomic mass is 9.94. The zero-order valence-corrected chi connectivity index (χ0v) is 13.0. The van der Waals surface area contributed by atoms with Crippen LogP contribution in [-0.2, 0) is 11.3 Å². The van der Waals surface area contributed by atoms with Gasteiger partial charge in [0.05, 0.1) is 5.52 Å². The summed E-state index contributed by atoms with van der Waals surface area (Å²) in [6.45, 7) is 2.75. The van der Waals surface area contributed by atoms with Gasteiger partial charge in [-0.25, -0.2) is 4.79 Å². The van der Waals surface area contributed by atoms with Crippen LogP contribution in [0.2, 0.25) is 0 Å². The van der Waals surface area contributed by atoms with E-state index in [-0.39, 0.29) is 12.5 Å². The van der Waals surface area contributed by atoms with E-state index >= 15 is 0 Å². The minimum absolute atomic E-state index is 0.00283. The maximum atomic E-state index is 12.7. The monoisotopic (exact) mass is 302 g/mol. The third-order valence-electron chi connectivity index (χ3n) is 4.54. The Hall–Kier alpha value is -2.04. The van der Waals surface area contributed by atoms with Crippen molar-refractivity contribution in [3.63, 3.8) is 0 Å². The second-order valence-electron chi connectivity index (χ2n) is 5.89. The quantitative estimate of drug-likeness (QED) is 0.872. The van der Waals surface area contributed by atoms with Crippen LogP contribution >= 0.6 is 0 Å². The first kappa shape index (κ1) is 14.9. The van der Waals surface area contributed by atoms with Crippen molar-refractivity contribution in [3.8, 4) is 0 Å². The molecule has 1 heterocycles. The van der Waals surface area contributed by atoms with Gasteiger partial charge in [-0.2, -0.15) is 0 Å². The average Bonchev–Trinajstić information content (AvgIpc) is 2.85. The van der Waals surface area contributed by atoms with Crippen molar-refractivity contribution in [1.82, 2.24) is 9.47 Å². The Balaban J connectivity index is 1.82. The molecule has 0 spiro atoms. The number of nitrogens with zero attached hydrogens (tertiary/aromatic N) is 2. The van der Waals surface area contributed by atoms with Gasteiger partial charge in [0.2, 0.25) is 5.91 Å². The zero-order chi connectivity index (χ0) is 15.5. The number of likely N-dealkylation sites (N-methyl/N-ethyl adjacent to an activating group) is 1. The number of para-hydroxylation sites is 2. The Kier molecular flexibility index (Phi) is 4.32. The Morgan fingerprint density at radius 1 is 1.27 bits per heavy atom. The molecule has 5 nitrogen and oxygen atoms in total. The highest BCUT2D eigenvalue weighted by Gasteiger charge is 2.25. The topological polar surface area (TPSA) is 55.5 Å². The summed E-state index contributed by atoms with van der Waals surface area (Å²) in [5, 5.41) is 0. The normalized spacial score (nSPS) is 16.0. The van der Waals surface area contributed by atoms with Crippen LogP contribution in [0.15, 0.2) is 33.5 Å². The van der Waals surface area contributed by atoms with Gasteiger partial charge in [-0.15, -0.1) is 0 Å². The molecule has 0 aliphatic heterocycles. The minimum Gasteiger partial charge on any atom is -0.408 e. The Morgan fingerprint density at radius 2 is 2.00 bits per heavy atom. The third-order valence-corrected chi connectivity index (χ3v) is 4.54. The predicted octanol–water partition coefficient (Wildman–Crippen LogP) is 2.78. The number of amides is 1. The number of carbonyl (C=O) groups is 1. The molecular weight excluding hydrogens is 280 g/mol. The summed E-state index contributed by atoms with van der Waals surface area (Å²) in [5.74, 6) is -0.461. The number of carbonyl (C=O) groups excluding carboxylic acids is 1. The number of aromatic nitrogens is 1. The fourth-order valence-corrected chi connectivity index (χ4v) is 3.42. The number of benzene rings is 1. The van der Waals surface area contributed by atoms with Crippen LogP contribution in [0.25, 0.3) is 11.1 Å². The molecule has 1 fully saturated rings. The van der Waals surface area contributed by atoms with Gasteiger partial charge in [0.15, 0.2) is 5.58 Å². The van der Waals surface area contributed by atoms with Crippen molar-refractivity contribution < 1.29 is 9.21 Å². The van der Waals surface area contributed by atoms with Crippen molar-refractivity contribution in [3.05, 3.63) is 34.8 Å². The molecule has 22 heavy (non-hydrogen) atoms. The lowest BCUT2D eigenvalue weighted by molar-refractivity contribution is -0.134. The van der Waals surface area contributed by atoms with E-state index in [2.05, 4.69) is 0 Å². The standard InChI is InChI=1S/C17H22N2O3/c1-2-18(13-8-4-3-5-9-13)16(20)12-19-14-10-6-7-11-15(14)22-17(19)21/h6-7,10-11,13H,2-5,8-9,12H2,1H3. The lowest BCUT2D eigenvalue weighted by Gasteiger charge is -2.33. The summed E-state index contributed by atoms with van der Waals surface area (Å²) in [5.41, 5.74) is 1.21. The molecule has 0 bridgehead atoms. The van der Waals surface area contributed by atoms with E-state index in [1.54, 1.807) is 6.07 Å². The summed E-state index contributed by atoms with van der Waals surface area (Å²) in [6, 6.07) is 7.54. The number of oxazole rings is 1. The molecule has 0 radical (unpaired) electrons. The van der Waals surface area contributed by atoms with Crippen LogP contribution in [-0.4, -0.2) is 28.0 Å². The van der Waals surface area contributed by atoms with Crippen LogP contribution < -0.4 is 5.76 Å². The number of hydrogen-bond acceptors (Lipinski definition) is 3. The molecule has 1 amide bonds. The van der Waals surface area contributed by atoms with Crippen LogP contribution in [0.3, 0.4) is 0 Å². The first-order valence-electron chi connectivity index (χ1n) is 8.08. The molecule has 0 unspecified atom stereocenters.